The number of anilines is 1. The molecule has 0 aliphatic heterocycles. The van der Waals surface area contributed by atoms with Gasteiger partial charge in [0.05, 0.1) is 10.6 Å². The number of carbonyl (C=O) groups excluding carboxylic acids is 1. The Bertz CT molecular complexity index is 868. The number of hydrogen-bond donors (Lipinski definition) is 0. The maximum atomic E-state index is 13.1. The molecular weight excluding hydrogens is 369 g/mol. The maximum absolute atomic E-state index is 13.1. The van der Waals surface area contributed by atoms with Crippen LogP contribution in [0.3, 0.4) is 0 Å². The van der Waals surface area contributed by atoms with Gasteiger partial charge in [0, 0.05) is 6.07 Å². The van der Waals surface area contributed by atoms with Crippen LogP contribution in [-0.2, 0) is 14.8 Å². The first-order valence-corrected chi connectivity index (χ1v) is 8.97. The molecular formula is C17H15ClFNO4S. The van der Waals surface area contributed by atoms with Gasteiger partial charge in [-0.3, -0.25) is 9.10 Å². The summed E-state index contributed by atoms with van der Waals surface area (Å²) < 4.78 is 45.0. The summed E-state index contributed by atoms with van der Waals surface area (Å²) in [7, 11) is -4.12. The quantitative estimate of drug-likeness (QED) is 0.518. The molecule has 0 aliphatic carbocycles. The van der Waals surface area contributed by atoms with E-state index in [1.165, 1.54) is 12.1 Å². The first kappa shape index (κ1) is 19.0. The van der Waals surface area contributed by atoms with Crippen molar-refractivity contribution >= 4 is 32.6 Å². The summed E-state index contributed by atoms with van der Waals surface area (Å²) in [4.78, 5) is 11.2. The number of benzene rings is 2. The summed E-state index contributed by atoms with van der Waals surface area (Å²) in [6.45, 7) is 3.20. The highest BCUT2D eigenvalue weighted by Gasteiger charge is 2.27. The molecule has 0 N–H and O–H groups in total. The van der Waals surface area contributed by atoms with Crippen molar-refractivity contribution < 1.29 is 22.3 Å². The van der Waals surface area contributed by atoms with Gasteiger partial charge in [-0.1, -0.05) is 18.7 Å². The molecule has 5 nitrogen and oxygen atoms in total. The zero-order valence-electron chi connectivity index (χ0n) is 13.1. The number of rotatable bonds is 8. The number of halogens is 2. The molecule has 0 atom stereocenters. The van der Waals surface area contributed by atoms with E-state index in [0.29, 0.717) is 5.75 Å². The Balaban J connectivity index is 2.47. The lowest BCUT2D eigenvalue weighted by atomic mass is 10.3. The zero-order valence-corrected chi connectivity index (χ0v) is 14.6. The summed E-state index contributed by atoms with van der Waals surface area (Å²) in [5, 5.41) is -0.858. The van der Waals surface area contributed by atoms with E-state index >= 15 is 0 Å². The van der Waals surface area contributed by atoms with Crippen LogP contribution in [0, 0.1) is 5.82 Å². The maximum Gasteiger partial charge on any atom is 0.264 e. The van der Waals surface area contributed by atoms with Gasteiger partial charge < -0.3 is 4.74 Å². The van der Waals surface area contributed by atoms with Gasteiger partial charge in [0.25, 0.3) is 10.0 Å². The van der Waals surface area contributed by atoms with Gasteiger partial charge in [0.1, 0.15) is 24.7 Å². The van der Waals surface area contributed by atoms with E-state index in [1.54, 1.807) is 18.2 Å². The molecule has 0 fully saturated rings. The highest BCUT2D eigenvalue weighted by molar-refractivity contribution is 7.92. The molecule has 0 heterocycles. The van der Waals surface area contributed by atoms with E-state index in [-0.39, 0.29) is 17.2 Å². The van der Waals surface area contributed by atoms with Crippen LogP contribution in [0.1, 0.15) is 0 Å². The molecule has 0 radical (unpaired) electrons. The van der Waals surface area contributed by atoms with Crippen LogP contribution in [0.4, 0.5) is 10.1 Å². The molecule has 2 aromatic carbocycles. The largest absolute Gasteiger partial charge is 0.489 e. The van der Waals surface area contributed by atoms with E-state index < -0.39 is 27.6 Å². The molecule has 2 rings (SSSR count). The van der Waals surface area contributed by atoms with Crippen molar-refractivity contribution in [2.24, 2.45) is 0 Å². The molecule has 0 aromatic heterocycles. The fraction of sp³-hybridized carbons (Fsp3) is 0.118. The number of hydrogen-bond acceptors (Lipinski definition) is 4. The van der Waals surface area contributed by atoms with Crippen molar-refractivity contribution in [1.29, 1.82) is 0 Å². The van der Waals surface area contributed by atoms with E-state index in [4.69, 9.17) is 16.3 Å². The lowest BCUT2D eigenvalue weighted by molar-refractivity contribution is -0.110. The number of carbonyl (C=O) groups is 1. The topological polar surface area (TPSA) is 63.7 Å². The second kappa shape index (κ2) is 8.13. The van der Waals surface area contributed by atoms with Crippen LogP contribution in [-0.4, -0.2) is 26.8 Å². The van der Waals surface area contributed by atoms with E-state index in [1.807, 2.05) is 0 Å². The van der Waals surface area contributed by atoms with Crippen molar-refractivity contribution in [1.82, 2.24) is 0 Å². The molecule has 2 aromatic rings. The van der Waals surface area contributed by atoms with Crippen LogP contribution < -0.4 is 9.04 Å². The van der Waals surface area contributed by atoms with Gasteiger partial charge in [-0.05, 0) is 48.0 Å². The van der Waals surface area contributed by atoms with Crippen LogP contribution in [0.15, 0.2) is 66.1 Å². The second-order valence-electron chi connectivity index (χ2n) is 4.92. The van der Waals surface area contributed by atoms with E-state index in [0.717, 1.165) is 28.6 Å². The average Bonchev–Trinajstić information content (AvgIpc) is 2.58. The van der Waals surface area contributed by atoms with Crippen LogP contribution >= 0.6 is 11.6 Å². The van der Waals surface area contributed by atoms with Gasteiger partial charge in [0.15, 0.2) is 0 Å². The summed E-state index contributed by atoms with van der Waals surface area (Å²) in [6, 6.07) is 10.5. The highest BCUT2D eigenvalue weighted by atomic mass is 35.5. The first-order chi connectivity index (χ1) is 11.8. The van der Waals surface area contributed by atoms with Crippen molar-refractivity contribution in [3.63, 3.8) is 0 Å². The monoisotopic (exact) mass is 383 g/mol. The lowest BCUT2D eigenvalue weighted by Gasteiger charge is -2.23. The molecule has 132 valence electrons. The number of nitrogens with zero attached hydrogens (tertiary/aromatic N) is 1. The minimum absolute atomic E-state index is 0.163. The predicted molar refractivity (Wildman–Crippen MR) is 93.9 cm³/mol. The van der Waals surface area contributed by atoms with Gasteiger partial charge in [-0.2, -0.15) is 0 Å². The standard InChI is InChI=1S/C17H15ClFNO4S/c1-2-10-24-15-5-3-4-14(11-15)20(12-17(18)21)25(22,23)16-8-6-13(19)7-9-16/h2-9,11H,1,10,12H2. The van der Waals surface area contributed by atoms with Gasteiger partial charge in [-0.15, -0.1) is 0 Å². The second-order valence-corrected chi connectivity index (χ2v) is 7.20. The Morgan fingerprint density at radius 1 is 1.24 bits per heavy atom. The Labute approximate surface area is 150 Å². The summed E-state index contributed by atoms with van der Waals surface area (Å²) in [6.07, 6.45) is 1.54. The first-order valence-electron chi connectivity index (χ1n) is 7.15. The third-order valence-electron chi connectivity index (χ3n) is 3.14. The third kappa shape index (κ3) is 4.80. The van der Waals surface area contributed by atoms with E-state index in [2.05, 4.69) is 6.58 Å². The molecule has 0 aliphatic rings. The minimum atomic E-state index is -4.12. The molecule has 0 bridgehead atoms. The normalized spacial score (nSPS) is 11.0. The Morgan fingerprint density at radius 2 is 1.92 bits per heavy atom. The summed E-state index contributed by atoms with van der Waals surface area (Å²) in [5.74, 6) is -0.169. The van der Waals surface area contributed by atoms with Gasteiger partial charge in [-0.25, -0.2) is 12.8 Å². The molecule has 8 heteroatoms. The fourth-order valence-electron chi connectivity index (χ4n) is 2.05. The van der Waals surface area contributed by atoms with Crippen molar-refractivity contribution in [3.05, 3.63) is 67.0 Å². The van der Waals surface area contributed by atoms with Gasteiger partial charge in [0.2, 0.25) is 5.24 Å². The highest BCUT2D eigenvalue weighted by Crippen LogP contribution is 2.27. The lowest BCUT2D eigenvalue weighted by Crippen LogP contribution is -2.34. The molecule has 0 amide bonds. The van der Waals surface area contributed by atoms with E-state index in [9.17, 15) is 17.6 Å². The minimum Gasteiger partial charge on any atom is -0.489 e. The van der Waals surface area contributed by atoms with Crippen molar-refractivity contribution in [3.8, 4) is 5.75 Å². The van der Waals surface area contributed by atoms with Crippen LogP contribution in [0.2, 0.25) is 0 Å². The van der Waals surface area contributed by atoms with Crippen molar-refractivity contribution in [2.45, 2.75) is 4.90 Å². The zero-order chi connectivity index (χ0) is 18.4. The molecule has 0 saturated carbocycles. The van der Waals surface area contributed by atoms with Crippen LogP contribution in [0.25, 0.3) is 0 Å². The third-order valence-corrected chi connectivity index (χ3v) is 5.05. The Hall–Kier alpha value is -2.38. The summed E-state index contributed by atoms with van der Waals surface area (Å²) >= 11 is 5.42. The fourth-order valence-corrected chi connectivity index (χ4v) is 3.65. The molecule has 0 spiro atoms. The Morgan fingerprint density at radius 3 is 2.52 bits per heavy atom. The van der Waals surface area contributed by atoms with Gasteiger partial charge >= 0.3 is 0 Å². The number of sulfonamides is 1. The molecule has 25 heavy (non-hydrogen) atoms. The van der Waals surface area contributed by atoms with Crippen molar-refractivity contribution in [2.75, 3.05) is 17.5 Å². The SMILES string of the molecule is C=CCOc1cccc(N(CC(=O)Cl)S(=O)(=O)c2ccc(F)cc2)c1. The smallest absolute Gasteiger partial charge is 0.264 e. The Kier molecular flexibility index (Phi) is 6.17. The number of ether oxygens (including phenoxy) is 1. The molecule has 0 unspecified atom stereocenters. The molecule has 0 saturated heterocycles. The average molecular weight is 384 g/mol. The van der Waals surface area contributed by atoms with Crippen LogP contribution in [0.5, 0.6) is 5.75 Å². The predicted octanol–water partition coefficient (Wildman–Crippen LogP) is 3.35. The summed E-state index contributed by atoms with van der Waals surface area (Å²) in [5.41, 5.74) is 0.194.